The predicted molar refractivity (Wildman–Crippen MR) is 405 cm³/mol. The lowest BCUT2D eigenvalue weighted by Crippen LogP contribution is -2.30. The van der Waals surface area contributed by atoms with Crippen LogP contribution in [0, 0.1) is 17.8 Å². The number of carbonyl (C=O) groups is 4. The molecule has 0 aliphatic carbocycles. The first kappa shape index (κ1) is 97.1. The maximum atomic E-state index is 13.1. The maximum absolute atomic E-state index is 13.1. The van der Waals surface area contributed by atoms with E-state index in [2.05, 4.69) is 48.5 Å². The predicted octanol–water partition coefficient (Wildman–Crippen LogP) is 23.7. The van der Waals surface area contributed by atoms with Crippen molar-refractivity contribution in [3.63, 3.8) is 0 Å². The Kier molecular flexibility index (Phi) is 69.0. The van der Waals surface area contributed by atoms with Gasteiger partial charge in [0.1, 0.15) is 19.3 Å². The zero-order valence-corrected chi connectivity index (χ0v) is 66.8. The van der Waals surface area contributed by atoms with Crippen LogP contribution in [0.25, 0.3) is 0 Å². The van der Waals surface area contributed by atoms with Gasteiger partial charge in [0.15, 0.2) is 12.2 Å². The van der Waals surface area contributed by atoms with Crippen molar-refractivity contribution in [3.05, 3.63) is 0 Å². The molecule has 0 bridgehead atoms. The van der Waals surface area contributed by atoms with Gasteiger partial charge in [-0.05, 0) is 43.4 Å². The number of aliphatic hydroxyl groups is 1. The number of esters is 4. The number of hydrogen-bond donors (Lipinski definition) is 3. The topological polar surface area (TPSA) is 237 Å². The molecule has 0 heterocycles. The van der Waals surface area contributed by atoms with E-state index in [0.717, 1.165) is 108 Å². The zero-order valence-electron chi connectivity index (χ0n) is 65.0. The number of phosphoric acid groups is 2. The summed E-state index contributed by atoms with van der Waals surface area (Å²) in [5.74, 6) is 0.266. The number of unbranched alkanes of at least 4 members (excludes halogenated alkanes) is 45. The minimum absolute atomic E-state index is 0.105. The average molecular weight is 1450 g/mol. The van der Waals surface area contributed by atoms with Crippen molar-refractivity contribution >= 4 is 39.5 Å². The van der Waals surface area contributed by atoms with Crippen molar-refractivity contribution in [2.24, 2.45) is 17.8 Å². The summed E-state index contributed by atoms with van der Waals surface area (Å²) in [4.78, 5) is 72.9. The van der Waals surface area contributed by atoms with E-state index >= 15 is 0 Å². The molecule has 0 aliphatic heterocycles. The van der Waals surface area contributed by atoms with Gasteiger partial charge in [-0.15, -0.1) is 0 Å². The van der Waals surface area contributed by atoms with Crippen molar-refractivity contribution in [2.45, 2.75) is 433 Å². The van der Waals surface area contributed by atoms with Crippen LogP contribution in [0.1, 0.15) is 414 Å². The summed E-state index contributed by atoms with van der Waals surface area (Å²) >= 11 is 0. The zero-order chi connectivity index (χ0) is 73.0. The standard InChI is InChI=1S/C80H156O17P2/c1-8-10-11-12-13-14-24-33-40-47-54-61-77(82)90-68-76(97-80(85)64-57-50-43-36-29-31-38-45-52-59-72(5)6)70-95-99(88,89)93-66-74(81)65-92-98(86,87)94-69-75(67-91-78(83)62-55-48-41-34-28-23-25-30-37-44-51-58-71(3)4)96-79(84)63-56-49-42-35-27-22-20-18-16-15-17-19-21-26-32-39-46-53-60-73(7)9-2/h71-76,81H,8-70H2,1-7H3,(H,86,87)(H,88,89)/t73?,74-,75-,76-/m1/s1. The van der Waals surface area contributed by atoms with Crippen LogP contribution in [0.15, 0.2) is 0 Å². The normalized spacial score (nSPS) is 14.3. The van der Waals surface area contributed by atoms with Gasteiger partial charge < -0.3 is 33.8 Å². The number of rotatable bonds is 78. The van der Waals surface area contributed by atoms with Crippen molar-refractivity contribution in [1.29, 1.82) is 0 Å². The molecule has 0 aromatic rings. The summed E-state index contributed by atoms with van der Waals surface area (Å²) < 4.78 is 68.6. The fraction of sp³-hybridized carbons (Fsp3) is 0.950. The Bertz CT molecular complexity index is 1920. The summed E-state index contributed by atoms with van der Waals surface area (Å²) in [6.45, 7) is 12.0. The Labute approximate surface area is 607 Å². The molecule has 17 nitrogen and oxygen atoms in total. The van der Waals surface area contributed by atoms with Gasteiger partial charge in [-0.2, -0.15) is 0 Å². The summed E-state index contributed by atoms with van der Waals surface area (Å²) in [6.07, 6.45) is 58.2. The van der Waals surface area contributed by atoms with Gasteiger partial charge in [-0.3, -0.25) is 37.3 Å². The van der Waals surface area contributed by atoms with Gasteiger partial charge >= 0.3 is 39.5 Å². The molecule has 0 rings (SSSR count). The van der Waals surface area contributed by atoms with Crippen LogP contribution in [-0.4, -0.2) is 96.7 Å². The Morgan fingerprint density at radius 1 is 0.293 bits per heavy atom. The first-order valence-electron chi connectivity index (χ1n) is 41.4. The molecular formula is C80H156O17P2. The molecule has 99 heavy (non-hydrogen) atoms. The highest BCUT2D eigenvalue weighted by atomic mass is 31.2. The summed E-state index contributed by atoms with van der Waals surface area (Å²) in [6, 6.07) is 0. The Morgan fingerprint density at radius 3 is 0.768 bits per heavy atom. The fourth-order valence-corrected chi connectivity index (χ4v) is 13.9. The van der Waals surface area contributed by atoms with Crippen LogP contribution in [0.2, 0.25) is 0 Å². The molecule has 0 spiro atoms. The molecule has 6 atom stereocenters. The lowest BCUT2D eigenvalue weighted by molar-refractivity contribution is -0.161. The lowest BCUT2D eigenvalue weighted by Gasteiger charge is -2.21. The van der Waals surface area contributed by atoms with Gasteiger partial charge in [-0.1, -0.05) is 363 Å². The van der Waals surface area contributed by atoms with Crippen molar-refractivity contribution < 1.29 is 80.2 Å². The van der Waals surface area contributed by atoms with Crippen LogP contribution < -0.4 is 0 Å². The quantitative estimate of drug-likeness (QED) is 0.0222. The molecule has 3 N–H and O–H groups in total. The van der Waals surface area contributed by atoms with Crippen LogP contribution >= 0.6 is 15.6 Å². The molecule has 0 saturated heterocycles. The average Bonchev–Trinajstić information content (AvgIpc) is 1.25. The Balaban J connectivity index is 5.21. The molecule has 0 radical (unpaired) electrons. The molecule has 0 aromatic carbocycles. The van der Waals surface area contributed by atoms with Crippen molar-refractivity contribution in [1.82, 2.24) is 0 Å². The van der Waals surface area contributed by atoms with Crippen LogP contribution in [0.5, 0.6) is 0 Å². The Morgan fingerprint density at radius 2 is 0.515 bits per heavy atom. The summed E-state index contributed by atoms with van der Waals surface area (Å²) in [7, 11) is -9.92. The van der Waals surface area contributed by atoms with Gasteiger partial charge in [-0.25, -0.2) is 9.13 Å². The second-order valence-corrected chi connectivity index (χ2v) is 32.9. The number of ether oxygens (including phenoxy) is 4. The third-order valence-electron chi connectivity index (χ3n) is 19.0. The van der Waals surface area contributed by atoms with Crippen LogP contribution in [0.3, 0.4) is 0 Å². The van der Waals surface area contributed by atoms with Gasteiger partial charge in [0.05, 0.1) is 26.4 Å². The maximum Gasteiger partial charge on any atom is 0.472 e. The molecular weight excluding hydrogens is 1290 g/mol. The van der Waals surface area contributed by atoms with E-state index in [1.54, 1.807) is 0 Å². The van der Waals surface area contributed by atoms with Crippen molar-refractivity contribution in [2.75, 3.05) is 39.6 Å². The highest BCUT2D eigenvalue weighted by molar-refractivity contribution is 7.47. The van der Waals surface area contributed by atoms with E-state index in [1.165, 1.54) is 225 Å². The van der Waals surface area contributed by atoms with E-state index in [1.807, 2.05) is 0 Å². The molecule has 0 fully saturated rings. The highest BCUT2D eigenvalue weighted by Crippen LogP contribution is 2.45. The monoisotopic (exact) mass is 1450 g/mol. The smallest absolute Gasteiger partial charge is 0.462 e. The van der Waals surface area contributed by atoms with E-state index in [-0.39, 0.29) is 25.7 Å². The largest absolute Gasteiger partial charge is 0.472 e. The second-order valence-electron chi connectivity index (χ2n) is 30.0. The number of hydrogen-bond acceptors (Lipinski definition) is 15. The minimum Gasteiger partial charge on any atom is -0.462 e. The first-order valence-corrected chi connectivity index (χ1v) is 44.4. The Hall–Kier alpha value is -1.94. The third-order valence-corrected chi connectivity index (χ3v) is 20.9. The second kappa shape index (κ2) is 70.4. The summed E-state index contributed by atoms with van der Waals surface area (Å²) in [5, 5.41) is 10.6. The molecule has 3 unspecified atom stereocenters. The third kappa shape index (κ3) is 72.8. The SMILES string of the molecule is CCCCCCCCCCCCCC(=O)OC[C@H](COP(=O)(O)OC[C@H](O)COP(=O)(O)OC[C@@H](COC(=O)CCCCCCCCCCCCCC(C)C)OC(=O)CCCCCCCCCCCCCCCCCCCCC(C)CC)OC(=O)CCCCCCCCCCCC(C)C. The minimum atomic E-state index is -4.96. The lowest BCUT2D eigenvalue weighted by atomic mass is 9.99. The number of carbonyl (C=O) groups excluding carboxylic acids is 4. The molecule has 19 heteroatoms. The van der Waals surface area contributed by atoms with Gasteiger partial charge in [0, 0.05) is 25.7 Å². The molecule has 588 valence electrons. The van der Waals surface area contributed by atoms with Crippen LogP contribution in [-0.2, 0) is 65.4 Å². The van der Waals surface area contributed by atoms with E-state index in [9.17, 15) is 43.2 Å². The molecule has 0 saturated carbocycles. The van der Waals surface area contributed by atoms with E-state index in [0.29, 0.717) is 25.7 Å². The van der Waals surface area contributed by atoms with E-state index < -0.39 is 97.5 Å². The molecule has 0 amide bonds. The van der Waals surface area contributed by atoms with Crippen molar-refractivity contribution in [3.8, 4) is 0 Å². The van der Waals surface area contributed by atoms with E-state index in [4.69, 9.17) is 37.0 Å². The van der Waals surface area contributed by atoms with Crippen LogP contribution in [0.4, 0.5) is 0 Å². The molecule has 0 aliphatic rings. The first-order chi connectivity index (χ1) is 47.8. The summed E-state index contributed by atoms with van der Waals surface area (Å²) in [5.41, 5.74) is 0. The number of aliphatic hydroxyl groups excluding tert-OH is 1. The van der Waals surface area contributed by atoms with Gasteiger partial charge in [0.25, 0.3) is 0 Å². The molecule has 0 aromatic heterocycles. The highest BCUT2D eigenvalue weighted by Gasteiger charge is 2.30. The van der Waals surface area contributed by atoms with Gasteiger partial charge in [0.2, 0.25) is 0 Å². The fourth-order valence-electron chi connectivity index (χ4n) is 12.3. The number of phosphoric ester groups is 2.